The number of aliphatic carboxylic acids is 1. The number of hydrogen-bond acceptors (Lipinski definition) is 3. The molecular weight excluding hydrogens is 460 g/mol. The second-order valence-electron chi connectivity index (χ2n) is 14.3. The Bertz CT molecular complexity index is 860. The van der Waals surface area contributed by atoms with Crippen molar-refractivity contribution in [2.45, 2.75) is 131 Å². The van der Waals surface area contributed by atoms with Gasteiger partial charge in [0.15, 0.2) is 0 Å². The van der Waals surface area contributed by atoms with E-state index in [1.165, 1.54) is 56.9 Å². The number of carboxylic acids is 1. The lowest BCUT2D eigenvalue weighted by molar-refractivity contribution is -0.159. The normalized spacial score (nSPS) is 38.7. The van der Waals surface area contributed by atoms with Crippen LogP contribution in [0.3, 0.4) is 0 Å². The highest BCUT2D eigenvalue weighted by atomic mass is 16.5. The van der Waals surface area contributed by atoms with Gasteiger partial charge in [-0.2, -0.15) is 0 Å². The van der Waals surface area contributed by atoms with Crippen LogP contribution >= 0.6 is 0 Å². The molecule has 0 aromatic carbocycles. The third-order valence-corrected chi connectivity index (χ3v) is 11.8. The van der Waals surface area contributed by atoms with Crippen LogP contribution in [0.2, 0.25) is 0 Å². The van der Waals surface area contributed by atoms with E-state index in [-0.39, 0.29) is 23.9 Å². The van der Waals surface area contributed by atoms with Gasteiger partial charge in [0.1, 0.15) is 6.10 Å². The molecule has 4 heteroatoms. The molecule has 0 aliphatic heterocycles. The van der Waals surface area contributed by atoms with Gasteiger partial charge in [0.2, 0.25) is 0 Å². The van der Waals surface area contributed by atoms with Crippen LogP contribution < -0.4 is 0 Å². The summed E-state index contributed by atoms with van der Waals surface area (Å²) in [6.07, 6.45) is 16.6. The third kappa shape index (κ3) is 5.69. The summed E-state index contributed by atoms with van der Waals surface area (Å²) >= 11 is 0. The number of esters is 1. The summed E-state index contributed by atoms with van der Waals surface area (Å²) in [6.45, 7) is 14.3. The van der Waals surface area contributed by atoms with Crippen LogP contribution in [0.25, 0.3) is 0 Å². The smallest absolute Gasteiger partial charge is 0.309 e. The van der Waals surface area contributed by atoms with Gasteiger partial charge in [-0.15, -0.1) is 0 Å². The minimum absolute atomic E-state index is 0.0948. The van der Waals surface area contributed by atoms with Crippen LogP contribution in [0.15, 0.2) is 11.6 Å². The van der Waals surface area contributed by atoms with Crippen molar-refractivity contribution >= 4 is 11.9 Å². The van der Waals surface area contributed by atoms with E-state index in [0.717, 1.165) is 54.8 Å². The maximum atomic E-state index is 12.7. The predicted octanol–water partition coefficient (Wildman–Crippen LogP) is 8.44. The summed E-state index contributed by atoms with van der Waals surface area (Å²) in [5, 5.41) is 9.14. The molecule has 4 aliphatic carbocycles. The van der Waals surface area contributed by atoms with Crippen molar-refractivity contribution < 1.29 is 19.4 Å². The van der Waals surface area contributed by atoms with Crippen LogP contribution in [0.1, 0.15) is 125 Å². The van der Waals surface area contributed by atoms with Crippen molar-refractivity contribution in [2.24, 2.45) is 52.3 Å². The monoisotopic (exact) mass is 514 g/mol. The molecule has 3 saturated carbocycles. The van der Waals surface area contributed by atoms with E-state index in [4.69, 9.17) is 9.84 Å². The van der Waals surface area contributed by atoms with Gasteiger partial charge in [-0.1, -0.05) is 72.5 Å². The Labute approximate surface area is 226 Å². The van der Waals surface area contributed by atoms with E-state index in [1.807, 2.05) is 6.92 Å². The molecule has 37 heavy (non-hydrogen) atoms. The largest absolute Gasteiger partial charge is 0.481 e. The van der Waals surface area contributed by atoms with E-state index in [2.05, 4.69) is 40.7 Å². The van der Waals surface area contributed by atoms with Crippen LogP contribution in [-0.2, 0) is 14.3 Å². The third-order valence-electron chi connectivity index (χ3n) is 11.8. The molecule has 0 spiro atoms. The van der Waals surface area contributed by atoms with Gasteiger partial charge in [0.05, 0.1) is 12.3 Å². The van der Waals surface area contributed by atoms with Gasteiger partial charge in [0.25, 0.3) is 0 Å². The molecule has 0 amide bonds. The molecule has 0 radical (unpaired) electrons. The second kappa shape index (κ2) is 11.4. The summed E-state index contributed by atoms with van der Waals surface area (Å²) in [6, 6.07) is 0. The van der Waals surface area contributed by atoms with Gasteiger partial charge in [0, 0.05) is 6.42 Å². The molecule has 0 saturated heterocycles. The zero-order chi connectivity index (χ0) is 27.0. The molecule has 4 rings (SSSR count). The van der Waals surface area contributed by atoms with Crippen molar-refractivity contribution in [3.63, 3.8) is 0 Å². The lowest BCUT2D eigenvalue weighted by atomic mass is 9.47. The minimum atomic E-state index is -0.926. The summed E-state index contributed by atoms with van der Waals surface area (Å²) in [4.78, 5) is 23.8. The van der Waals surface area contributed by atoms with Crippen LogP contribution in [0.4, 0.5) is 0 Å². The summed E-state index contributed by atoms with van der Waals surface area (Å²) in [5.41, 5.74) is 2.26. The fourth-order valence-electron chi connectivity index (χ4n) is 9.62. The Morgan fingerprint density at radius 2 is 1.81 bits per heavy atom. The van der Waals surface area contributed by atoms with Crippen molar-refractivity contribution in [3.05, 3.63) is 11.6 Å². The molecule has 4 nitrogen and oxygen atoms in total. The molecule has 210 valence electrons. The molecule has 9 atom stereocenters. The Balaban J connectivity index is 1.41. The summed E-state index contributed by atoms with van der Waals surface area (Å²) < 4.78 is 5.90. The fourth-order valence-corrected chi connectivity index (χ4v) is 9.62. The quantitative estimate of drug-likeness (QED) is 0.235. The van der Waals surface area contributed by atoms with Gasteiger partial charge in [-0.25, -0.2) is 0 Å². The fraction of sp³-hybridized carbons (Fsp3) is 0.879. The standard InChI is InChI=1S/C33H54O4/c1-7-23(19-30(34)35)31(36)37-25-15-17-32(5)24(20-25)11-12-26-28-14-13-27(22(4)10-8-9-21(2)3)33(28,6)18-16-29(26)32/h11,21-23,25-29H,7-10,12-20H2,1-6H3,(H,34,35)/t22-,23?,25?,26?,27-,28?,29?,32+,33-/m1/s1. The highest BCUT2D eigenvalue weighted by Gasteiger charge is 2.59. The summed E-state index contributed by atoms with van der Waals surface area (Å²) in [5.74, 6) is 3.18. The van der Waals surface area contributed by atoms with Gasteiger partial charge in [-0.3, -0.25) is 9.59 Å². The molecular formula is C33H54O4. The molecule has 0 aromatic rings. The van der Waals surface area contributed by atoms with Crippen molar-refractivity contribution in [1.29, 1.82) is 0 Å². The van der Waals surface area contributed by atoms with Crippen molar-refractivity contribution in [3.8, 4) is 0 Å². The zero-order valence-corrected chi connectivity index (χ0v) is 24.6. The van der Waals surface area contributed by atoms with Crippen LogP contribution in [0, 0.1) is 52.3 Å². The maximum absolute atomic E-state index is 12.7. The van der Waals surface area contributed by atoms with Crippen LogP contribution in [-0.4, -0.2) is 23.1 Å². The maximum Gasteiger partial charge on any atom is 0.309 e. The number of carbonyl (C=O) groups excluding carboxylic acids is 1. The van der Waals surface area contributed by atoms with Gasteiger partial charge >= 0.3 is 11.9 Å². The molecule has 1 N–H and O–H groups in total. The predicted molar refractivity (Wildman–Crippen MR) is 149 cm³/mol. The van der Waals surface area contributed by atoms with Crippen molar-refractivity contribution in [2.75, 3.05) is 0 Å². The number of carboxylic acid groups (broad SMARTS) is 1. The lowest BCUT2D eigenvalue weighted by Gasteiger charge is -2.58. The van der Waals surface area contributed by atoms with Gasteiger partial charge in [-0.05, 0) is 97.7 Å². The minimum Gasteiger partial charge on any atom is -0.481 e. The van der Waals surface area contributed by atoms with E-state index < -0.39 is 11.9 Å². The molecule has 0 heterocycles. The van der Waals surface area contributed by atoms with Gasteiger partial charge < -0.3 is 9.84 Å². The first-order valence-electron chi connectivity index (χ1n) is 15.6. The van der Waals surface area contributed by atoms with Crippen molar-refractivity contribution in [1.82, 2.24) is 0 Å². The average molecular weight is 515 g/mol. The Morgan fingerprint density at radius 1 is 1.05 bits per heavy atom. The highest BCUT2D eigenvalue weighted by Crippen LogP contribution is 2.67. The number of carbonyl (C=O) groups is 2. The number of allylic oxidation sites excluding steroid dienone is 1. The zero-order valence-electron chi connectivity index (χ0n) is 24.6. The lowest BCUT2D eigenvalue weighted by Crippen LogP contribution is -2.51. The van der Waals surface area contributed by atoms with Crippen LogP contribution in [0.5, 0.6) is 0 Å². The first-order valence-corrected chi connectivity index (χ1v) is 15.6. The molecule has 3 fully saturated rings. The number of fused-ring (bicyclic) bond motifs is 5. The SMILES string of the molecule is CCC(CC(=O)O)C(=O)OC1CC[C@@]2(C)C(=CCC3C2CC[C@@]2(C)C3CC[C@@H]2[C@H](C)CCCC(C)C)C1. The highest BCUT2D eigenvalue weighted by molar-refractivity contribution is 5.79. The first-order chi connectivity index (χ1) is 17.5. The van der Waals surface area contributed by atoms with E-state index in [1.54, 1.807) is 0 Å². The second-order valence-corrected chi connectivity index (χ2v) is 14.3. The average Bonchev–Trinajstić information content (AvgIpc) is 3.19. The number of ether oxygens (including phenoxy) is 1. The number of hydrogen-bond donors (Lipinski definition) is 1. The first kappa shape index (κ1) is 28.7. The van der Waals surface area contributed by atoms with E-state index >= 15 is 0 Å². The molecule has 5 unspecified atom stereocenters. The topological polar surface area (TPSA) is 63.6 Å². The Morgan fingerprint density at radius 3 is 2.49 bits per heavy atom. The van der Waals surface area contributed by atoms with E-state index in [9.17, 15) is 9.59 Å². The molecule has 0 aromatic heterocycles. The summed E-state index contributed by atoms with van der Waals surface area (Å²) in [7, 11) is 0. The Hall–Kier alpha value is -1.32. The molecule has 0 bridgehead atoms. The molecule has 4 aliphatic rings. The number of rotatable bonds is 10. The van der Waals surface area contributed by atoms with E-state index in [0.29, 0.717) is 11.8 Å². The Kier molecular flexibility index (Phi) is 8.86.